The van der Waals surface area contributed by atoms with E-state index in [1.54, 1.807) is 6.08 Å². The third-order valence-electron chi connectivity index (χ3n) is 11.0. The van der Waals surface area contributed by atoms with Crippen molar-refractivity contribution < 1.29 is 0 Å². The van der Waals surface area contributed by atoms with Crippen molar-refractivity contribution in [2.75, 3.05) is 0 Å². The van der Waals surface area contributed by atoms with E-state index in [-0.39, 0.29) is 0 Å². The molecule has 0 unspecified atom stereocenters. The molecule has 0 aliphatic rings. The van der Waals surface area contributed by atoms with Gasteiger partial charge in [0.1, 0.15) is 5.82 Å². The molecule has 1 aromatic heterocycles. The summed E-state index contributed by atoms with van der Waals surface area (Å²) < 4.78 is 2.16. The molecule has 1 heterocycles. The predicted octanol–water partition coefficient (Wildman–Crippen LogP) is 16.0. The number of hydrogen-bond acceptors (Lipinski definition) is 1. The lowest BCUT2D eigenvalue weighted by Crippen LogP contribution is -1.96. The molecule has 0 aliphatic carbocycles. The summed E-state index contributed by atoms with van der Waals surface area (Å²) in [7, 11) is 0. The van der Waals surface area contributed by atoms with Crippen LogP contribution in [0, 0.1) is 0 Å². The van der Waals surface area contributed by atoms with E-state index in [1.807, 2.05) is 19.9 Å². The van der Waals surface area contributed by atoms with Crippen molar-refractivity contribution in [3.63, 3.8) is 0 Å². The molecule has 2 nitrogen and oxygen atoms in total. The second-order valence-electron chi connectivity index (χ2n) is 14.9. The van der Waals surface area contributed by atoms with Crippen LogP contribution in [0.25, 0.3) is 105 Å². The SMILES string of the molecule is C=C(C)n1c(-c2cccc(-c3ccc4c(-c5ccccc5-c5ccccc5)c5ccccc5c(-c5ccccc5-c5ccccc5)c4c3)c2)nc2ccccc21.C=CC. The first-order valence-electron chi connectivity index (χ1n) is 20.1. The Bertz CT molecular complexity index is 3150. The average Bonchev–Trinajstić information content (AvgIpc) is 3.69. The Balaban J connectivity index is 0.00000145. The summed E-state index contributed by atoms with van der Waals surface area (Å²) in [4.78, 5) is 5.10. The van der Waals surface area contributed by atoms with Gasteiger partial charge in [-0.2, -0.15) is 0 Å². The number of allylic oxidation sites excluding steroid dienone is 2. The van der Waals surface area contributed by atoms with E-state index in [2.05, 4.69) is 212 Å². The van der Waals surface area contributed by atoms with Gasteiger partial charge < -0.3 is 0 Å². The van der Waals surface area contributed by atoms with Crippen molar-refractivity contribution in [2.45, 2.75) is 13.8 Å². The molecular formula is C57H44N2. The van der Waals surface area contributed by atoms with Crippen LogP contribution in [0.2, 0.25) is 0 Å². The highest BCUT2D eigenvalue weighted by Crippen LogP contribution is 2.48. The molecule has 0 radical (unpaired) electrons. The van der Waals surface area contributed by atoms with Crippen molar-refractivity contribution in [3.05, 3.63) is 219 Å². The highest BCUT2D eigenvalue weighted by molar-refractivity contribution is 6.24. The van der Waals surface area contributed by atoms with Crippen LogP contribution in [0.5, 0.6) is 0 Å². The summed E-state index contributed by atoms with van der Waals surface area (Å²) in [5.41, 5.74) is 16.0. The number of imidazole rings is 1. The molecule has 0 N–H and O–H groups in total. The zero-order chi connectivity index (χ0) is 40.3. The Labute approximate surface area is 346 Å². The molecular weight excluding hydrogens is 713 g/mol. The van der Waals surface area contributed by atoms with Gasteiger partial charge in [0.2, 0.25) is 0 Å². The van der Waals surface area contributed by atoms with Crippen molar-refractivity contribution in [1.29, 1.82) is 0 Å². The zero-order valence-electron chi connectivity index (χ0n) is 33.4. The van der Waals surface area contributed by atoms with E-state index >= 15 is 0 Å². The van der Waals surface area contributed by atoms with E-state index < -0.39 is 0 Å². The topological polar surface area (TPSA) is 17.8 Å². The maximum Gasteiger partial charge on any atom is 0.145 e. The molecule has 0 bridgehead atoms. The van der Waals surface area contributed by atoms with Gasteiger partial charge in [0.25, 0.3) is 0 Å². The molecule has 0 amide bonds. The summed E-state index contributed by atoms with van der Waals surface area (Å²) in [6, 6.07) is 72.3. The predicted molar refractivity (Wildman–Crippen MR) is 254 cm³/mol. The summed E-state index contributed by atoms with van der Waals surface area (Å²) in [5.74, 6) is 0.893. The summed E-state index contributed by atoms with van der Waals surface area (Å²) >= 11 is 0. The first-order valence-corrected chi connectivity index (χ1v) is 20.1. The van der Waals surface area contributed by atoms with Gasteiger partial charge in [-0.25, -0.2) is 4.98 Å². The molecule has 282 valence electrons. The van der Waals surface area contributed by atoms with Crippen LogP contribution in [0.15, 0.2) is 219 Å². The molecule has 0 fully saturated rings. The van der Waals surface area contributed by atoms with Crippen LogP contribution in [-0.4, -0.2) is 9.55 Å². The first-order chi connectivity index (χ1) is 29.1. The van der Waals surface area contributed by atoms with E-state index in [9.17, 15) is 0 Å². The fourth-order valence-corrected chi connectivity index (χ4v) is 8.52. The van der Waals surface area contributed by atoms with Gasteiger partial charge in [-0.05, 0) is 115 Å². The lowest BCUT2D eigenvalue weighted by molar-refractivity contribution is 1.13. The Morgan fingerprint density at radius 3 is 1.47 bits per heavy atom. The van der Waals surface area contributed by atoms with Crippen molar-refractivity contribution >= 4 is 38.3 Å². The third kappa shape index (κ3) is 6.85. The minimum absolute atomic E-state index is 0.893. The van der Waals surface area contributed by atoms with Gasteiger partial charge in [0.05, 0.1) is 11.0 Å². The lowest BCUT2D eigenvalue weighted by Gasteiger charge is -2.22. The van der Waals surface area contributed by atoms with Gasteiger partial charge in [0, 0.05) is 11.3 Å². The molecule has 59 heavy (non-hydrogen) atoms. The standard InChI is InChI=1S/C54H38N2.C3H6/c1-36(2)56-51-31-16-15-30-50(51)55-54(56)41-23-17-22-39(34-41)40-32-33-48-49(35-40)53(45-27-12-10-25-43(45)38-20-7-4-8-21-38)47-29-14-13-28-46(47)52(48)44-26-11-9-24-42(44)37-18-5-3-6-19-37;1-3-2/h3-35H,1H2,2H3;3H,1H2,2H3. The van der Waals surface area contributed by atoms with E-state index in [0.29, 0.717) is 0 Å². The molecule has 9 aromatic carbocycles. The van der Waals surface area contributed by atoms with Crippen LogP contribution in [0.3, 0.4) is 0 Å². The summed E-state index contributed by atoms with van der Waals surface area (Å²) in [6.07, 6.45) is 1.75. The molecule has 0 saturated carbocycles. The van der Waals surface area contributed by atoms with Crippen molar-refractivity contribution in [3.8, 4) is 67.0 Å². The number of nitrogens with zero attached hydrogens (tertiary/aromatic N) is 2. The van der Waals surface area contributed by atoms with Gasteiger partial charge in [-0.1, -0.05) is 189 Å². The van der Waals surface area contributed by atoms with E-state index in [4.69, 9.17) is 4.98 Å². The van der Waals surface area contributed by atoms with Gasteiger partial charge in [-0.3, -0.25) is 4.57 Å². The van der Waals surface area contributed by atoms with Crippen molar-refractivity contribution in [1.82, 2.24) is 9.55 Å². The number of aromatic nitrogens is 2. The molecule has 10 rings (SSSR count). The first kappa shape index (κ1) is 37.1. The Morgan fingerprint density at radius 1 is 0.441 bits per heavy atom. The molecule has 0 aliphatic heterocycles. The van der Waals surface area contributed by atoms with Gasteiger partial charge in [-0.15, -0.1) is 6.58 Å². The minimum atomic E-state index is 0.893. The lowest BCUT2D eigenvalue weighted by atomic mass is 9.81. The monoisotopic (exact) mass is 756 g/mol. The number of hydrogen-bond donors (Lipinski definition) is 0. The Hall–Kier alpha value is -7.55. The van der Waals surface area contributed by atoms with Crippen LogP contribution in [-0.2, 0) is 0 Å². The Morgan fingerprint density at radius 2 is 0.881 bits per heavy atom. The third-order valence-corrected chi connectivity index (χ3v) is 11.0. The zero-order valence-corrected chi connectivity index (χ0v) is 33.4. The second-order valence-corrected chi connectivity index (χ2v) is 14.9. The summed E-state index contributed by atoms with van der Waals surface area (Å²) in [6.45, 7) is 11.6. The van der Waals surface area contributed by atoms with E-state index in [1.165, 1.54) is 66.1 Å². The number of para-hydroxylation sites is 2. The van der Waals surface area contributed by atoms with Gasteiger partial charge in [0.15, 0.2) is 0 Å². The highest BCUT2D eigenvalue weighted by Gasteiger charge is 2.22. The molecule has 2 heteroatoms. The van der Waals surface area contributed by atoms with Crippen LogP contribution in [0.4, 0.5) is 0 Å². The average molecular weight is 757 g/mol. The molecule has 0 atom stereocenters. The van der Waals surface area contributed by atoms with Gasteiger partial charge >= 0.3 is 0 Å². The Kier molecular flexibility index (Phi) is 10.1. The molecule has 0 spiro atoms. The number of fused-ring (bicyclic) bond motifs is 3. The minimum Gasteiger partial charge on any atom is -0.297 e. The second kappa shape index (κ2) is 16.1. The maximum atomic E-state index is 5.10. The van der Waals surface area contributed by atoms with Crippen LogP contribution >= 0.6 is 0 Å². The van der Waals surface area contributed by atoms with Crippen LogP contribution in [0.1, 0.15) is 13.8 Å². The largest absolute Gasteiger partial charge is 0.297 e. The normalized spacial score (nSPS) is 11.0. The smallest absolute Gasteiger partial charge is 0.145 e. The quantitative estimate of drug-likeness (QED) is 0.117. The van der Waals surface area contributed by atoms with E-state index in [0.717, 1.165) is 39.2 Å². The maximum absolute atomic E-state index is 5.10. The fraction of sp³-hybridized carbons (Fsp3) is 0.0351. The summed E-state index contributed by atoms with van der Waals surface area (Å²) in [5, 5.41) is 4.88. The molecule has 0 saturated heterocycles. The molecule has 10 aromatic rings. The number of rotatable bonds is 7. The van der Waals surface area contributed by atoms with Crippen LogP contribution < -0.4 is 0 Å². The number of benzene rings is 9. The highest BCUT2D eigenvalue weighted by atomic mass is 15.1. The van der Waals surface area contributed by atoms with Crippen molar-refractivity contribution in [2.24, 2.45) is 0 Å². The fourth-order valence-electron chi connectivity index (χ4n) is 8.52.